The number of ether oxygens (including phenoxy) is 3. The second-order valence-corrected chi connectivity index (χ2v) is 6.39. The van der Waals surface area contributed by atoms with Gasteiger partial charge in [0.25, 0.3) is 0 Å². The van der Waals surface area contributed by atoms with Crippen LogP contribution in [0.15, 0.2) is 0 Å². The molecule has 0 bridgehead atoms. The Morgan fingerprint density at radius 2 is 1.50 bits per heavy atom. The zero-order valence-electron chi connectivity index (χ0n) is 13.7. The van der Waals surface area contributed by atoms with Crippen molar-refractivity contribution < 1.29 is 23.8 Å². The Hall–Kier alpha value is -1.10. The van der Waals surface area contributed by atoms with Crippen LogP contribution in [0, 0.1) is 11.3 Å². The average Bonchev–Trinajstić information content (AvgIpc) is 2.31. The molecule has 0 aliphatic rings. The Balaban J connectivity index is 3.91. The second kappa shape index (κ2) is 8.25. The van der Waals surface area contributed by atoms with Crippen molar-refractivity contribution >= 4 is 11.9 Å². The van der Waals surface area contributed by atoms with Crippen LogP contribution in [0.2, 0.25) is 0 Å². The van der Waals surface area contributed by atoms with Gasteiger partial charge in [0.2, 0.25) is 0 Å². The molecule has 0 rings (SSSR count). The fourth-order valence-corrected chi connectivity index (χ4v) is 1.13. The van der Waals surface area contributed by atoms with E-state index in [1.54, 1.807) is 41.5 Å². The maximum atomic E-state index is 11.6. The van der Waals surface area contributed by atoms with Gasteiger partial charge in [-0.3, -0.25) is 9.59 Å². The fourth-order valence-electron chi connectivity index (χ4n) is 1.13. The molecule has 0 heterocycles. The number of rotatable bonds is 7. The Bertz CT molecular complexity index is 317. The summed E-state index contributed by atoms with van der Waals surface area (Å²) in [4.78, 5) is 23.0. The lowest BCUT2D eigenvalue weighted by molar-refractivity contribution is -0.160. The SMILES string of the molecule is CC(COC(=O)C(C)(C)C)OCC(C)OC(=O)C(C)C. The third kappa shape index (κ3) is 8.15. The van der Waals surface area contributed by atoms with Gasteiger partial charge in [-0.25, -0.2) is 0 Å². The molecule has 118 valence electrons. The lowest BCUT2D eigenvalue weighted by Crippen LogP contribution is -2.30. The van der Waals surface area contributed by atoms with Crippen molar-refractivity contribution in [1.29, 1.82) is 0 Å². The molecule has 0 aliphatic heterocycles. The maximum Gasteiger partial charge on any atom is 0.311 e. The summed E-state index contributed by atoms with van der Waals surface area (Å²) >= 11 is 0. The zero-order valence-corrected chi connectivity index (χ0v) is 13.7. The third-order valence-electron chi connectivity index (χ3n) is 2.47. The molecule has 2 atom stereocenters. The Morgan fingerprint density at radius 3 is 1.95 bits per heavy atom. The van der Waals surface area contributed by atoms with E-state index >= 15 is 0 Å². The van der Waals surface area contributed by atoms with Gasteiger partial charge in [-0.1, -0.05) is 13.8 Å². The smallest absolute Gasteiger partial charge is 0.311 e. The highest BCUT2D eigenvalue weighted by Gasteiger charge is 2.23. The quantitative estimate of drug-likeness (QED) is 0.674. The van der Waals surface area contributed by atoms with Crippen molar-refractivity contribution in [2.24, 2.45) is 11.3 Å². The highest BCUT2D eigenvalue weighted by molar-refractivity contribution is 5.75. The molecule has 0 saturated carbocycles. The monoisotopic (exact) mass is 288 g/mol. The fraction of sp³-hybridized carbons (Fsp3) is 0.867. The highest BCUT2D eigenvalue weighted by Crippen LogP contribution is 2.15. The van der Waals surface area contributed by atoms with Gasteiger partial charge in [-0.05, 0) is 34.6 Å². The lowest BCUT2D eigenvalue weighted by Gasteiger charge is -2.21. The molecule has 0 aromatic heterocycles. The van der Waals surface area contributed by atoms with Gasteiger partial charge in [0.1, 0.15) is 12.7 Å². The van der Waals surface area contributed by atoms with Gasteiger partial charge in [-0.2, -0.15) is 0 Å². The molecule has 0 aromatic rings. The predicted molar refractivity (Wildman–Crippen MR) is 76.2 cm³/mol. The molecule has 2 unspecified atom stereocenters. The van der Waals surface area contributed by atoms with E-state index in [2.05, 4.69) is 0 Å². The van der Waals surface area contributed by atoms with Gasteiger partial charge >= 0.3 is 11.9 Å². The van der Waals surface area contributed by atoms with E-state index in [-0.39, 0.29) is 43.3 Å². The summed E-state index contributed by atoms with van der Waals surface area (Å²) in [5, 5.41) is 0. The van der Waals surface area contributed by atoms with Crippen LogP contribution in [0.1, 0.15) is 48.5 Å². The van der Waals surface area contributed by atoms with E-state index < -0.39 is 5.41 Å². The van der Waals surface area contributed by atoms with Crippen LogP contribution in [0.3, 0.4) is 0 Å². The van der Waals surface area contributed by atoms with Crippen LogP contribution < -0.4 is 0 Å². The minimum Gasteiger partial charge on any atom is -0.463 e. The minimum absolute atomic E-state index is 0.150. The van der Waals surface area contributed by atoms with Gasteiger partial charge in [-0.15, -0.1) is 0 Å². The maximum absolute atomic E-state index is 11.6. The zero-order chi connectivity index (χ0) is 15.9. The molecule has 20 heavy (non-hydrogen) atoms. The first-order valence-electron chi connectivity index (χ1n) is 7.03. The van der Waals surface area contributed by atoms with E-state index in [4.69, 9.17) is 14.2 Å². The summed E-state index contributed by atoms with van der Waals surface area (Å²) in [6.07, 6.45) is -0.549. The van der Waals surface area contributed by atoms with E-state index in [0.29, 0.717) is 0 Å². The summed E-state index contributed by atoms with van der Waals surface area (Å²) in [5.74, 6) is -0.650. The molecule has 0 aromatic carbocycles. The first-order chi connectivity index (χ1) is 9.04. The number of esters is 2. The molecule has 0 amide bonds. The van der Waals surface area contributed by atoms with Crippen LogP contribution in [0.4, 0.5) is 0 Å². The van der Waals surface area contributed by atoms with Crippen molar-refractivity contribution in [2.45, 2.75) is 60.7 Å². The number of carbonyl (C=O) groups excluding carboxylic acids is 2. The summed E-state index contributed by atoms with van der Waals surface area (Å²) in [6, 6.07) is 0. The highest BCUT2D eigenvalue weighted by atomic mass is 16.6. The van der Waals surface area contributed by atoms with Gasteiger partial charge < -0.3 is 14.2 Å². The summed E-state index contributed by atoms with van der Waals surface area (Å²) in [5.41, 5.74) is -0.514. The van der Waals surface area contributed by atoms with Crippen LogP contribution in [0.5, 0.6) is 0 Å². The van der Waals surface area contributed by atoms with Crippen molar-refractivity contribution in [3.63, 3.8) is 0 Å². The molecule has 0 spiro atoms. The summed E-state index contributed by atoms with van der Waals surface area (Å²) in [7, 11) is 0. The molecular weight excluding hydrogens is 260 g/mol. The summed E-state index contributed by atoms with van der Waals surface area (Å²) in [6.45, 7) is 13.0. The molecule has 0 radical (unpaired) electrons. The molecule has 5 nitrogen and oxygen atoms in total. The van der Waals surface area contributed by atoms with Crippen molar-refractivity contribution in [3.05, 3.63) is 0 Å². The molecular formula is C15H28O5. The Labute approximate surface area is 122 Å². The van der Waals surface area contributed by atoms with E-state index in [9.17, 15) is 9.59 Å². The third-order valence-corrected chi connectivity index (χ3v) is 2.47. The van der Waals surface area contributed by atoms with Crippen molar-refractivity contribution in [2.75, 3.05) is 13.2 Å². The Morgan fingerprint density at radius 1 is 0.950 bits per heavy atom. The van der Waals surface area contributed by atoms with Crippen LogP contribution in [0.25, 0.3) is 0 Å². The number of hydrogen-bond acceptors (Lipinski definition) is 5. The average molecular weight is 288 g/mol. The largest absolute Gasteiger partial charge is 0.463 e. The van der Waals surface area contributed by atoms with Crippen molar-refractivity contribution in [3.8, 4) is 0 Å². The van der Waals surface area contributed by atoms with E-state index in [1.807, 2.05) is 6.92 Å². The topological polar surface area (TPSA) is 61.8 Å². The first kappa shape index (κ1) is 18.9. The van der Waals surface area contributed by atoms with Crippen molar-refractivity contribution in [1.82, 2.24) is 0 Å². The lowest BCUT2D eigenvalue weighted by atomic mass is 9.97. The van der Waals surface area contributed by atoms with Crippen LogP contribution in [-0.2, 0) is 23.8 Å². The van der Waals surface area contributed by atoms with Gasteiger partial charge in [0.15, 0.2) is 0 Å². The second-order valence-electron chi connectivity index (χ2n) is 6.39. The minimum atomic E-state index is -0.514. The summed E-state index contributed by atoms with van der Waals surface area (Å²) < 4.78 is 15.8. The molecule has 0 N–H and O–H groups in total. The normalized spacial score (nSPS) is 14.8. The van der Waals surface area contributed by atoms with Gasteiger partial charge in [0.05, 0.1) is 24.0 Å². The molecule has 0 fully saturated rings. The van der Waals surface area contributed by atoms with Crippen LogP contribution in [-0.4, -0.2) is 37.4 Å². The van der Waals surface area contributed by atoms with Gasteiger partial charge in [0, 0.05) is 0 Å². The number of hydrogen-bond donors (Lipinski definition) is 0. The predicted octanol–water partition coefficient (Wildman–Crippen LogP) is 2.57. The van der Waals surface area contributed by atoms with E-state index in [1.165, 1.54) is 0 Å². The Kier molecular flexibility index (Phi) is 7.79. The molecule has 0 saturated heterocycles. The van der Waals surface area contributed by atoms with E-state index in [0.717, 1.165) is 0 Å². The molecule has 0 aliphatic carbocycles. The van der Waals surface area contributed by atoms with Crippen LogP contribution >= 0.6 is 0 Å². The number of carbonyl (C=O) groups is 2. The first-order valence-corrected chi connectivity index (χ1v) is 7.03. The standard InChI is InChI=1S/C15H28O5/c1-10(2)13(16)20-12(4)9-18-11(3)8-19-14(17)15(5,6)7/h10-12H,8-9H2,1-7H3. The molecule has 5 heteroatoms.